The van der Waals surface area contributed by atoms with Gasteiger partial charge in [-0.3, -0.25) is 4.79 Å². The van der Waals surface area contributed by atoms with Crippen LogP contribution in [0, 0.1) is 5.82 Å². The molecule has 0 atom stereocenters. The van der Waals surface area contributed by atoms with E-state index in [1.807, 2.05) is 0 Å². The summed E-state index contributed by atoms with van der Waals surface area (Å²) in [6.45, 7) is 0. The first kappa shape index (κ1) is 14.4. The van der Waals surface area contributed by atoms with E-state index in [1.165, 1.54) is 18.9 Å². The Morgan fingerprint density at radius 2 is 1.96 bits per heavy atom. The van der Waals surface area contributed by atoms with E-state index in [0.717, 1.165) is 43.4 Å². The molecular weight excluding hydrogens is 293 g/mol. The highest BCUT2D eigenvalue weighted by molar-refractivity contribution is 5.94. The van der Waals surface area contributed by atoms with E-state index in [-0.39, 0.29) is 17.8 Å². The lowest BCUT2D eigenvalue weighted by Crippen LogP contribution is -2.33. The van der Waals surface area contributed by atoms with E-state index < -0.39 is 0 Å². The SMILES string of the molecule is O=C(NC1CCCC1)c1nn(-c2ccccc2F)c2c1CCC2. The molecule has 0 bridgehead atoms. The molecule has 1 amide bonds. The van der Waals surface area contributed by atoms with Crippen molar-refractivity contribution >= 4 is 5.91 Å². The van der Waals surface area contributed by atoms with E-state index in [2.05, 4.69) is 10.4 Å². The molecule has 2 aliphatic rings. The molecule has 4 rings (SSSR count). The number of halogens is 1. The molecule has 1 heterocycles. The monoisotopic (exact) mass is 313 g/mol. The number of para-hydroxylation sites is 1. The minimum atomic E-state index is -0.313. The number of hydrogen-bond acceptors (Lipinski definition) is 2. The third-order valence-electron chi connectivity index (χ3n) is 4.92. The molecule has 2 aromatic rings. The average molecular weight is 313 g/mol. The standard InChI is InChI=1S/C18H20FN3O/c19-14-9-3-4-10-16(14)22-15-11-5-8-13(15)17(21-22)18(23)20-12-6-1-2-7-12/h3-4,9-10,12H,1-2,5-8,11H2,(H,20,23). The molecule has 120 valence electrons. The van der Waals surface area contributed by atoms with Gasteiger partial charge in [0, 0.05) is 17.3 Å². The fourth-order valence-electron chi connectivity index (χ4n) is 3.77. The number of nitrogens with zero attached hydrogens (tertiary/aromatic N) is 2. The van der Waals surface area contributed by atoms with E-state index >= 15 is 0 Å². The lowest BCUT2D eigenvalue weighted by molar-refractivity contribution is 0.0931. The molecule has 1 aromatic carbocycles. The van der Waals surface area contributed by atoms with Crippen LogP contribution >= 0.6 is 0 Å². The summed E-state index contributed by atoms with van der Waals surface area (Å²) in [5, 5.41) is 7.57. The summed E-state index contributed by atoms with van der Waals surface area (Å²) >= 11 is 0. The maximum absolute atomic E-state index is 14.1. The third kappa shape index (κ3) is 2.54. The second-order valence-corrected chi connectivity index (χ2v) is 6.45. The van der Waals surface area contributed by atoms with Gasteiger partial charge in [0.2, 0.25) is 0 Å². The van der Waals surface area contributed by atoms with Gasteiger partial charge in [-0.25, -0.2) is 9.07 Å². The third-order valence-corrected chi connectivity index (χ3v) is 4.92. The van der Waals surface area contributed by atoms with Crippen molar-refractivity contribution in [2.24, 2.45) is 0 Å². The fourth-order valence-corrected chi connectivity index (χ4v) is 3.77. The molecule has 0 unspecified atom stereocenters. The zero-order chi connectivity index (χ0) is 15.8. The zero-order valence-corrected chi connectivity index (χ0v) is 13.0. The van der Waals surface area contributed by atoms with Crippen molar-refractivity contribution < 1.29 is 9.18 Å². The number of aromatic nitrogens is 2. The summed E-state index contributed by atoms with van der Waals surface area (Å²) in [5.41, 5.74) is 2.87. The number of rotatable bonds is 3. The van der Waals surface area contributed by atoms with Crippen LogP contribution in [0.2, 0.25) is 0 Å². The van der Waals surface area contributed by atoms with Crippen LogP contribution in [0.5, 0.6) is 0 Å². The fraction of sp³-hybridized carbons (Fsp3) is 0.444. The predicted molar refractivity (Wildman–Crippen MR) is 85.3 cm³/mol. The van der Waals surface area contributed by atoms with Crippen molar-refractivity contribution in [1.82, 2.24) is 15.1 Å². The van der Waals surface area contributed by atoms with Crippen LogP contribution in [0.4, 0.5) is 4.39 Å². The number of amides is 1. The Morgan fingerprint density at radius 1 is 1.17 bits per heavy atom. The Bertz CT molecular complexity index is 747. The Hall–Kier alpha value is -2.17. The van der Waals surface area contributed by atoms with Crippen LogP contribution in [0.3, 0.4) is 0 Å². The summed E-state index contributed by atoms with van der Waals surface area (Å²) in [6.07, 6.45) is 7.11. The van der Waals surface area contributed by atoms with E-state index in [9.17, 15) is 9.18 Å². The van der Waals surface area contributed by atoms with Gasteiger partial charge in [-0.1, -0.05) is 25.0 Å². The average Bonchev–Trinajstić information content (AvgIpc) is 3.24. The van der Waals surface area contributed by atoms with Gasteiger partial charge in [0.1, 0.15) is 11.5 Å². The number of carbonyl (C=O) groups is 1. The summed E-state index contributed by atoms with van der Waals surface area (Å²) in [5.74, 6) is -0.419. The molecule has 0 aliphatic heterocycles. The lowest BCUT2D eigenvalue weighted by Gasteiger charge is -2.11. The van der Waals surface area contributed by atoms with E-state index in [1.54, 1.807) is 22.9 Å². The van der Waals surface area contributed by atoms with Crippen LogP contribution in [-0.2, 0) is 12.8 Å². The molecule has 1 saturated carbocycles. The van der Waals surface area contributed by atoms with Gasteiger partial charge in [0.25, 0.3) is 5.91 Å². The molecular formula is C18H20FN3O. The Kier molecular flexibility index (Phi) is 3.63. The van der Waals surface area contributed by atoms with Crippen LogP contribution in [0.25, 0.3) is 5.69 Å². The van der Waals surface area contributed by atoms with Crippen molar-refractivity contribution in [3.05, 3.63) is 47.0 Å². The van der Waals surface area contributed by atoms with Crippen LogP contribution in [0.1, 0.15) is 53.8 Å². The molecule has 0 spiro atoms. The normalized spacial score (nSPS) is 17.4. The second kappa shape index (κ2) is 5.80. The van der Waals surface area contributed by atoms with Gasteiger partial charge < -0.3 is 5.32 Å². The Balaban J connectivity index is 1.70. The summed E-state index contributed by atoms with van der Waals surface area (Å²) in [4.78, 5) is 12.6. The van der Waals surface area contributed by atoms with Crippen molar-refractivity contribution in [3.63, 3.8) is 0 Å². The van der Waals surface area contributed by atoms with Crippen LogP contribution < -0.4 is 5.32 Å². The number of hydrogen-bond donors (Lipinski definition) is 1. The molecule has 1 N–H and O–H groups in total. The highest BCUT2D eigenvalue weighted by atomic mass is 19.1. The zero-order valence-electron chi connectivity index (χ0n) is 13.0. The molecule has 4 nitrogen and oxygen atoms in total. The Labute approximate surface area is 134 Å². The quantitative estimate of drug-likeness (QED) is 0.946. The van der Waals surface area contributed by atoms with Crippen LogP contribution in [0.15, 0.2) is 24.3 Å². The highest BCUT2D eigenvalue weighted by Gasteiger charge is 2.29. The molecule has 0 radical (unpaired) electrons. The minimum Gasteiger partial charge on any atom is -0.348 e. The van der Waals surface area contributed by atoms with Crippen molar-refractivity contribution in [1.29, 1.82) is 0 Å². The van der Waals surface area contributed by atoms with Gasteiger partial charge in [-0.2, -0.15) is 5.10 Å². The number of nitrogens with one attached hydrogen (secondary N) is 1. The smallest absolute Gasteiger partial charge is 0.272 e. The van der Waals surface area contributed by atoms with Crippen LogP contribution in [-0.4, -0.2) is 21.7 Å². The van der Waals surface area contributed by atoms with Crippen molar-refractivity contribution in [2.45, 2.75) is 51.0 Å². The highest BCUT2D eigenvalue weighted by Crippen LogP contribution is 2.29. The maximum Gasteiger partial charge on any atom is 0.272 e. The molecule has 1 aromatic heterocycles. The van der Waals surface area contributed by atoms with Gasteiger partial charge in [0.05, 0.1) is 0 Å². The topological polar surface area (TPSA) is 46.9 Å². The number of carbonyl (C=O) groups excluding carboxylic acids is 1. The van der Waals surface area contributed by atoms with Crippen molar-refractivity contribution in [2.75, 3.05) is 0 Å². The predicted octanol–water partition coefficient (Wildman–Crippen LogP) is 3.17. The molecule has 1 fully saturated rings. The first-order chi connectivity index (χ1) is 11.2. The summed E-state index contributed by atoms with van der Waals surface area (Å²) < 4.78 is 15.7. The van der Waals surface area contributed by atoms with Crippen molar-refractivity contribution in [3.8, 4) is 5.69 Å². The van der Waals surface area contributed by atoms with Gasteiger partial charge >= 0.3 is 0 Å². The largest absolute Gasteiger partial charge is 0.348 e. The molecule has 23 heavy (non-hydrogen) atoms. The summed E-state index contributed by atoms with van der Waals surface area (Å²) in [6, 6.07) is 6.85. The lowest BCUT2D eigenvalue weighted by atomic mass is 10.1. The Morgan fingerprint density at radius 3 is 2.74 bits per heavy atom. The molecule has 5 heteroatoms. The van der Waals surface area contributed by atoms with E-state index in [4.69, 9.17) is 0 Å². The minimum absolute atomic E-state index is 0.106. The number of fused-ring (bicyclic) bond motifs is 1. The number of benzene rings is 1. The van der Waals surface area contributed by atoms with E-state index in [0.29, 0.717) is 11.4 Å². The molecule has 0 saturated heterocycles. The second-order valence-electron chi connectivity index (χ2n) is 6.45. The van der Waals surface area contributed by atoms with Gasteiger partial charge in [-0.05, 0) is 44.2 Å². The molecule has 2 aliphatic carbocycles. The first-order valence-corrected chi connectivity index (χ1v) is 8.40. The maximum atomic E-state index is 14.1. The summed E-state index contributed by atoms with van der Waals surface area (Å²) in [7, 11) is 0. The van der Waals surface area contributed by atoms with Gasteiger partial charge in [0.15, 0.2) is 5.69 Å². The van der Waals surface area contributed by atoms with Gasteiger partial charge in [-0.15, -0.1) is 0 Å². The first-order valence-electron chi connectivity index (χ1n) is 8.40.